The minimum Gasteiger partial charge on any atom is -0.313 e. The summed E-state index contributed by atoms with van der Waals surface area (Å²) in [5.74, 6) is 0.904. The van der Waals surface area contributed by atoms with Gasteiger partial charge in [0.15, 0.2) is 0 Å². The molecule has 0 saturated carbocycles. The van der Waals surface area contributed by atoms with Crippen molar-refractivity contribution in [1.82, 2.24) is 15.1 Å². The van der Waals surface area contributed by atoms with Crippen LogP contribution < -0.4 is 5.32 Å². The first kappa shape index (κ1) is 11.4. The molecule has 0 aromatic heterocycles. The summed E-state index contributed by atoms with van der Waals surface area (Å²) in [7, 11) is 4.51. The van der Waals surface area contributed by atoms with Gasteiger partial charge < -0.3 is 15.1 Å². The van der Waals surface area contributed by atoms with Gasteiger partial charge in [0, 0.05) is 25.7 Å². The SMILES string of the molecule is CN1CCC(CN(C)C[C@@H]2CCCN2)C1. The number of likely N-dealkylation sites (tertiary alicyclic amines) is 1. The van der Waals surface area contributed by atoms with E-state index in [1.54, 1.807) is 0 Å². The standard InChI is InChI=1S/C12H25N3/c1-14-7-5-11(8-14)9-15(2)10-12-4-3-6-13-12/h11-13H,3-10H2,1-2H3/t11?,12-/m0/s1. The summed E-state index contributed by atoms with van der Waals surface area (Å²) in [4.78, 5) is 4.97. The highest BCUT2D eigenvalue weighted by Gasteiger charge is 2.22. The number of nitrogens with zero attached hydrogens (tertiary/aromatic N) is 2. The average Bonchev–Trinajstić information content (AvgIpc) is 2.77. The van der Waals surface area contributed by atoms with Crippen LogP contribution in [-0.2, 0) is 0 Å². The number of nitrogens with one attached hydrogen (secondary N) is 1. The topological polar surface area (TPSA) is 18.5 Å². The highest BCUT2D eigenvalue weighted by Crippen LogP contribution is 2.15. The van der Waals surface area contributed by atoms with Crippen molar-refractivity contribution in [2.45, 2.75) is 25.3 Å². The van der Waals surface area contributed by atoms with Gasteiger partial charge in [-0.05, 0) is 52.4 Å². The number of rotatable bonds is 4. The van der Waals surface area contributed by atoms with Crippen LogP contribution in [0.3, 0.4) is 0 Å². The van der Waals surface area contributed by atoms with Gasteiger partial charge in [0.1, 0.15) is 0 Å². The third-order valence-corrected chi connectivity index (χ3v) is 3.75. The van der Waals surface area contributed by atoms with Gasteiger partial charge in [0.2, 0.25) is 0 Å². The summed E-state index contributed by atoms with van der Waals surface area (Å²) >= 11 is 0. The normalized spacial score (nSPS) is 33.0. The maximum Gasteiger partial charge on any atom is 0.0195 e. The molecule has 0 spiro atoms. The molecule has 1 N–H and O–H groups in total. The van der Waals surface area contributed by atoms with E-state index in [0.29, 0.717) is 0 Å². The van der Waals surface area contributed by atoms with Gasteiger partial charge in [-0.2, -0.15) is 0 Å². The minimum atomic E-state index is 0.758. The predicted molar refractivity (Wildman–Crippen MR) is 64.1 cm³/mol. The maximum absolute atomic E-state index is 3.57. The second-order valence-electron chi connectivity index (χ2n) is 5.43. The minimum absolute atomic E-state index is 0.758. The van der Waals surface area contributed by atoms with Crippen molar-refractivity contribution in [2.75, 3.05) is 46.8 Å². The van der Waals surface area contributed by atoms with E-state index in [9.17, 15) is 0 Å². The van der Waals surface area contributed by atoms with Crippen LogP contribution in [0.2, 0.25) is 0 Å². The quantitative estimate of drug-likeness (QED) is 0.735. The zero-order valence-electron chi connectivity index (χ0n) is 10.2. The molecular formula is C12H25N3. The van der Waals surface area contributed by atoms with E-state index in [1.165, 1.54) is 52.0 Å². The smallest absolute Gasteiger partial charge is 0.0195 e. The van der Waals surface area contributed by atoms with Crippen LogP contribution in [0.4, 0.5) is 0 Å². The molecule has 0 bridgehead atoms. The molecule has 2 aliphatic heterocycles. The number of hydrogen-bond donors (Lipinski definition) is 1. The number of hydrogen-bond acceptors (Lipinski definition) is 3. The summed E-state index contributed by atoms with van der Waals surface area (Å²) < 4.78 is 0. The Bertz CT molecular complexity index is 189. The molecule has 3 nitrogen and oxygen atoms in total. The molecule has 0 radical (unpaired) electrons. The van der Waals surface area contributed by atoms with E-state index in [2.05, 4.69) is 29.2 Å². The van der Waals surface area contributed by atoms with Gasteiger partial charge in [-0.15, -0.1) is 0 Å². The molecule has 2 atom stereocenters. The van der Waals surface area contributed by atoms with Gasteiger partial charge in [0.05, 0.1) is 0 Å². The van der Waals surface area contributed by atoms with E-state index < -0.39 is 0 Å². The van der Waals surface area contributed by atoms with Crippen molar-refractivity contribution in [3.63, 3.8) is 0 Å². The van der Waals surface area contributed by atoms with Crippen LogP contribution in [0.5, 0.6) is 0 Å². The summed E-state index contributed by atoms with van der Waals surface area (Å²) in [6.45, 7) is 6.33. The van der Waals surface area contributed by atoms with E-state index in [4.69, 9.17) is 0 Å². The Kier molecular flexibility index (Phi) is 4.00. The maximum atomic E-state index is 3.57. The van der Waals surface area contributed by atoms with Gasteiger partial charge in [-0.3, -0.25) is 0 Å². The molecule has 2 rings (SSSR count). The molecule has 15 heavy (non-hydrogen) atoms. The molecule has 3 heteroatoms. The lowest BCUT2D eigenvalue weighted by Crippen LogP contribution is -2.38. The molecule has 0 aliphatic carbocycles. The largest absolute Gasteiger partial charge is 0.313 e. The van der Waals surface area contributed by atoms with Crippen LogP contribution in [0.15, 0.2) is 0 Å². The Balaban J connectivity index is 1.65. The molecule has 0 aromatic rings. The Morgan fingerprint density at radius 2 is 2.20 bits per heavy atom. The van der Waals surface area contributed by atoms with Crippen molar-refractivity contribution >= 4 is 0 Å². The Labute approximate surface area is 93.8 Å². The van der Waals surface area contributed by atoms with E-state index in [0.717, 1.165) is 12.0 Å². The van der Waals surface area contributed by atoms with Crippen molar-refractivity contribution < 1.29 is 0 Å². The monoisotopic (exact) mass is 211 g/mol. The summed E-state index contributed by atoms with van der Waals surface area (Å²) in [5, 5.41) is 3.57. The fraction of sp³-hybridized carbons (Fsp3) is 1.00. The molecule has 2 aliphatic rings. The van der Waals surface area contributed by atoms with Crippen LogP contribution in [-0.4, -0.2) is 62.7 Å². The number of likely N-dealkylation sites (N-methyl/N-ethyl adjacent to an activating group) is 1. The Hall–Kier alpha value is -0.120. The first-order valence-corrected chi connectivity index (χ1v) is 6.34. The second kappa shape index (κ2) is 5.28. The average molecular weight is 211 g/mol. The lowest BCUT2D eigenvalue weighted by Gasteiger charge is -2.24. The van der Waals surface area contributed by atoms with Crippen LogP contribution >= 0.6 is 0 Å². The molecule has 1 unspecified atom stereocenters. The Morgan fingerprint density at radius 3 is 2.80 bits per heavy atom. The van der Waals surface area contributed by atoms with E-state index in [-0.39, 0.29) is 0 Å². The van der Waals surface area contributed by atoms with Crippen molar-refractivity contribution in [1.29, 1.82) is 0 Å². The molecule has 2 fully saturated rings. The molecule has 0 amide bonds. The molecule has 2 heterocycles. The Morgan fingerprint density at radius 1 is 1.33 bits per heavy atom. The van der Waals surface area contributed by atoms with Gasteiger partial charge >= 0.3 is 0 Å². The molecule has 2 saturated heterocycles. The summed E-state index contributed by atoms with van der Waals surface area (Å²) in [5.41, 5.74) is 0. The van der Waals surface area contributed by atoms with Crippen LogP contribution in [0.1, 0.15) is 19.3 Å². The zero-order chi connectivity index (χ0) is 10.7. The van der Waals surface area contributed by atoms with E-state index >= 15 is 0 Å². The molecule has 0 aromatic carbocycles. The van der Waals surface area contributed by atoms with Crippen LogP contribution in [0, 0.1) is 5.92 Å². The summed E-state index contributed by atoms with van der Waals surface area (Å²) in [6, 6.07) is 0.758. The lowest BCUT2D eigenvalue weighted by molar-refractivity contribution is 0.253. The van der Waals surface area contributed by atoms with Gasteiger partial charge in [-0.1, -0.05) is 0 Å². The first-order valence-electron chi connectivity index (χ1n) is 6.34. The van der Waals surface area contributed by atoms with Gasteiger partial charge in [0.25, 0.3) is 0 Å². The lowest BCUT2D eigenvalue weighted by atomic mass is 10.1. The summed E-state index contributed by atoms with van der Waals surface area (Å²) in [6.07, 6.45) is 4.12. The van der Waals surface area contributed by atoms with Crippen molar-refractivity contribution in [3.05, 3.63) is 0 Å². The van der Waals surface area contributed by atoms with Crippen molar-refractivity contribution in [3.8, 4) is 0 Å². The molecular weight excluding hydrogens is 186 g/mol. The second-order valence-corrected chi connectivity index (χ2v) is 5.43. The highest BCUT2D eigenvalue weighted by atomic mass is 15.2. The predicted octanol–water partition coefficient (Wildman–Crippen LogP) is 0.622. The molecule has 88 valence electrons. The fourth-order valence-corrected chi connectivity index (χ4v) is 2.98. The first-order chi connectivity index (χ1) is 7.24. The van der Waals surface area contributed by atoms with Crippen molar-refractivity contribution in [2.24, 2.45) is 5.92 Å². The fourth-order valence-electron chi connectivity index (χ4n) is 2.98. The van der Waals surface area contributed by atoms with E-state index in [1.807, 2.05) is 0 Å². The highest BCUT2D eigenvalue weighted by molar-refractivity contribution is 4.80. The third-order valence-electron chi connectivity index (χ3n) is 3.75. The zero-order valence-corrected chi connectivity index (χ0v) is 10.2. The van der Waals surface area contributed by atoms with Gasteiger partial charge in [-0.25, -0.2) is 0 Å². The van der Waals surface area contributed by atoms with Crippen LogP contribution in [0.25, 0.3) is 0 Å². The third kappa shape index (κ3) is 3.44.